The molecule has 0 aliphatic carbocycles. The summed E-state index contributed by atoms with van der Waals surface area (Å²) in [6.45, 7) is 0. The molecule has 1 aromatic heterocycles. The molecule has 106 valence electrons. The van der Waals surface area contributed by atoms with E-state index in [4.69, 9.17) is 16.3 Å². The Balaban J connectivity index is 1.97. The summed E-state index contributed by atoms with van der Waals surface area (Å²) in [6, 6.07) is 8.51. The Morgan fingerprint density at radius 3 is 2.80 bits per heavy atom. The van der Waals surface area contributed by atoms with Crippen LogP contribution in [0.25, 0.3) is 0 Å². The molecule has 2 atom stereocenters. The molecule has 0 saturated heterocycles. The van der Waals surface area contributed by atoms with Gasteiger partial charge < -0.3 is 10.1 Å². The Morgan fingerprint density at radius 1 is 1.35 bits per heavy atom. The predicted octanol–water partition coefficient (Wildman–Crippen LogP) is 5.71. The lowest BCUT2D eigenvalue weighted by molar-refractivity contribution is 0.157. The zero-order valence-corrected chi connectivity index (χ0v) is 15.4. The van der Waals surface area contributed by atoms with Crippen molar-refractivity contribution in [2.75, 3.05) is 7.05 Å². The van der Waals surface area contributed by atoms with Gasteiger partial charge in [0.15, 0.2) is 0 Å². The smallest absolute Gasteiger partial charge is 0.135 e. The van der Waals surface area contributed by atoms with Gasteiger partial charge in [0.1, 0.15) is 16.2 Å². The van der Waals surface area contributed by atoms with Gasteiger partial charge >= 0.3 is 0 Å². The first-order valence-corrected chi connectivity index (χ1v) is 8.94. The quantitative estimate of drug-likeness (QED) is 0.650. The lowest BCUT2D eigenvalue weighted by Crippen LogP contribution is -2.26. The van der Waals surface area contributed by atoms with Crippen molar-refractivity contribution < 1.29 is 4.74 Å². The summed E-state index contributed by atoms with van der Waals surface area (Å²) in [5, 5.41) is 3.37. The summed E-state index contributed by atoms with van der Waals surface area (Å²) >= 11 is 14.7. The van der Waals surface area contributed by atoms with Crippen molar-refractivity contribution in [1.29, 1.82) is 0 Å². The second-order valence-corrected chi connectivity index (χ2v) is 8.09. The summed E-state index contributed by atoms with van der Waals surface area (Å²) in [5.74, 6) is 0.926. The minimum atomic E-state index is 0.0306. The molecule has 3 rings (SSSR count). The van der Waals surface area contributed by atoms with Crippen LogP contribution < -0.4 is 10.1 Å². The second kappa shape index (κ2) is 5.97. The van der Waals surface area contributed by atoms with E-state index in [1.54, 1.807) is 11.3 Å². The molecule has 1 aliphatic rings. The van der Waals surface area contributed by atoms with Gasteiger partial charge in [-0.15, -0.1) is 11.3 Å². The number of hydrogen-bond acceptors (Lipinski definition) is 3. The molecule has 2 aromatic rings. The average molecular weight is 438 g/mol. The van der Waals surface area contributed by atoms with Crippen molar-refractivity contribution in [2.24, 2.45) is 0 Å². The number of hydrogen-bond donors (Lipinski definition) is 1. The normalized spacial score (nSPS) is 21.4. The highest BCUT2D eigenvalue weighted by Gasteiger charge is 2.30. The molecule has 2 unspecified atom stereocenters. The Labute approximate surface area is 143 Å². The van der Waals surface area contributed by atoms with E-state index in [-0.39, 0.29) is 12.1 Å². The van der Waals surface area contributed by atoms with E-state index in [9.17, 15) is 0 Å². The summed E-state index contributed by atoms with van der Waals surface area (Å²) in [6.07, 6.45) is 0.928. The van der Waals surface area contributed by atoms with Crippen molar-refractivity contribution in [3.63, 3.8) is 0 Å². The highest BCUT2D eigenvalue weighted by Crippen LogP contribution is 2.45. The molecule has 0 spiro atoms. The number of fused-ring (bicyclic) bond motifs is 1. The van der Waals surface area contributed by atoms with Crippen LogP contribution in [0.1, 0.15) is 29.0 Å². The molecule has 2 heterocycles. The van der Waals surface area contributed by atoms with Gasteiger partial charge in [-0.25, -0.2) is 0 Å². The van der Waals surface area contributed by atoms with Crippen LogP contribution in [0.4, 0.5) is 0 Å². The number of benzene rings is 1. The predicted molar refractivity (Wildman–Crippen MR) is 91.0 cm³/mol. The van der Waals surface area contributed by atoms with Crippen LogP contribution in [-0.2, 0) is 0 Å². The van der Waals surface area contributed by atoms with Gasteiger partial charge in [0.25, 0.3) is 0 Å². The van der Waals surface area contributed by atoms with Crippen molar-refractivity contribution in [2.45, 2.75) is 18.6 Å². The molecule has 0 radical (unpaired) electrons. The molecule has 0 fully saturated rings. The van der Waals surface area contributed by atoms with Crippen molar-refractivity contribution >= 4 is 54.8 Å². The topological polar surface area (TPSA) is 21.3 Å². The van der Waals surface area contributed by atoms with Crippen molar-refractivity contribution in [3.05, 3.63) is 48.0 Å². The van der Waals surface area contributed by atoms with Crippen LogP contribution in [0.15, 0.2) is 33.2 Å². The zero-order chi connectivity index (χ0) is 14.3. The number of nitrogens with one attached hydrogen (secondary N) is 1. The molecule has 2 nitrogen and oxygen atoms in total. The fourth-order valence-electron chi connectivity index (χ4n) is 2.41. The van der Waals surface area contributed by atoms with Gasteiger partial charge in [0.2, 0.25) is 0 Å². The Bertz CT molecular complexity index is 627. The van der Waals surface area contributed by atoms with Crippen LogP contribution in [0.3, 0.4) is 0 Å². The second-order valence-electron chi connectivity index (χ2n) is 4.64. The van der Waals surface area contributed by atoms with E-state index in [0.717, 1.165) is 30.3 Å². The first-order chi connectivity index (χ1) is 9.58. The molecule has 0 amide bonds. The minimum Gasteiger partial charge on any atom is -0.484 e. The van der Waals surface area contributed by atoms with Crippen LogP contribution >= 0.6 is 54.8 Å². The van der Waals surface area contributed by atoms with E-state index in [2.05, 4.69) is 43.2 Å². The standard InChI is InChI=1S/C14H12Br2ClNOS/c1-18-10-6-12(13-5-9(16)14(17)20-13)19-11-4-7(15)2-3-8(10)11/h2-5,10,12,18H,6H2,1H3. The monoisotopic (exact) mass is 435 g/mol. The lowest BCUT2D eigenvalue weighted by atomic mass is 9.96. The first kappa shape index (κ1) is 14.9. The maximum Gasteiger partial charge on any atom is 0.135 e. The SMILES string of the molecule is CNC1CC(c2cc(Br)c(Cl)s2)Oc2cc(Br)ccc21. The molecule has 0 saturated carbocycles. The fraction of sp³-hybridized carbons (Fsp3) is 0.286. The summed E-state index contributed by atoms with van der Waals surface area (Å²) in [7, 11) is 1.98. The van der Waals surface area contributed by atoms with Crippen LogP contribution in [-0.4, -0.2) is 7.05 Å². The van der Waals surface area contributed by atoms with Crippen LogP contribution in [0, 0.1) is 0 Å². The molecule has 1 aromatic carbocycles. The molecule has 0 bridgehead atoms. The molecule has 1 N–H and O–H groups in total. The molecule has 1 aliphatic heterocycles. The van der Waals surface area contributed by atoms with Gasteiger partial charge in [-0.3, -0.25) is 0 Å². The Kier molecular flexibility index (Phi) is 4.43. The zero-order valence-electron chi connectivity index (χ0n) is 10.6. The van der Waals surface area contributed by atoms with Crippen LogP contribution in [0.5, 0.6) is 5.75 Å². The average Bonchev–Trinajstić information content (AvgIpc) is 2.77. The Hall–Kier alpha value is -0.0700. The van der Waals surface area contributed by atoms with Gasteiger partial charge in [0.05, 0.1) is 0 Å². The van der Waals surface area contributed by atoms with E-state index in [1.165, 1.54) is 5.56 Å². The highest BCUT2D eigenvalue weighted by molar-refractivity contribution is 9.10. The lowest BCUT2D eigenvalue weighted by Gasteiger charge is -2.31. The number of ether oxygens (including phenoxy) is 1. The van der Waals surface area contributed by atoms with E-state index in [0.29, 0.717) is 0 Å². The van der Waals surface area contributed by atoms with Gasteiger partial charge in [-0.05, 0) is 41.2 Å². The largest absolute Gasteiger partial charge is 0.484 e. The highest BCUT2D eigenvalue weighted by atomic mass is 79.9. The molecular weight excluding hydrogens is 425 g/mol. The number of rotatable bonds is 2. The fourth-order valence-corrected chi connectivity index (χ4v) is 4.53. The maximum atomic E-state index is 6.16. The van der Waals surface area contributed by atoms with Gasteiger partial charge in [-0.2, -0.15) is 0 Å². The molecule has 6 heteroatoms. The molecule has 20 heavy (non-hydrogen) atoms. The van der Waals surface area contributed by atoms with Crippen LogP contribution in [0.2, 0.25) is 4.34 Å². The maximum absolute atomic E-state index is 6.16. The third-order valence-corrected chi connectivity index (χ3v) is 6.46. The van der Waals surface area contributed by atoms with E-state index in [1.807, 2.05) is 25.2 Å². The third-order valence-electron chi connectivity index (χ3n) is 3.40. The van der Waals surface area contributed by atoms with Crippen molar-refractivity contribution in [3.8, 4) is 5.75 Å². The van der Waals surface area contributed by atoms with Gasteiger partial charge in [-0.1, -0.05) is 33.6 Å². The molecular formula is C14H12Br2ClNOS. The van der Waals surface area contributed by atoms with Gasteiger partial charge in [0, 0.05) is 31.8 Å². The minimum absolute atomic E-state index is 0.0306. The summed E-state index contributed by atoms with van der Waals surface area (Å²) < 4.78 is 8.89. The third kappa shape index (κ3) is 2.79. The summed E-state index contributed by atoms with van der Waals surface area (Å²) in [5.41, 5.74) is 1.20. The van der Waals surface area contributed by atoms with E-state index < -0.39 is 0 Å². The summed E-state index contributed by atoms with van der Waals surface area (Å²) in [4.78, 5) is 1.15. The Morgan fingerprint density at radius 2 is 2.15 bits per heavy atom. The first-order valence-electron chi connectivity index (χ1n) is 6.16. The van der Waals surface area contributed by atoms with E-state index >= 15 is 0 Å². The number of thiophene rings is 1. The van der Waals surface area contributed by atoms with Crippen molar-refractivity contribution in [1.82, 2.24) is 5.32 Å². The number of halogens is 3.